The molecule has 2 N–H and O–H groups in total. The van der Waals surface area contributed by atoms with Gasteiger partial charge >= 0.3 is 0 Å². The molecule has 3 fully saturated rings. The van der Waals surface area contributed by atoms with Crippen LogP contribution < -0.4 is 15.4 Å². The molecule has 3 heterocycles. The Morgan fingerprint density at radius 3 is 2.53 bits per heavy atom. The van der Waals surface area contributed by atoms with Crippen molar-refractivity contribution >= 4 is 23.6 Å². The Hall–Kier alpha value is -4.02. The number of methoxy groups -OCH3 is 1. The van der Waals surface area contributed by atoms with Crippen molar-refractivity contribution in [3.63, 3.8) is 0 Å². The van der Waals surface area contributed by atoms with Crippen LogP contribution in [0, 0.1) is 23.5 Å². The highest BCUT2D eigenvalue weighted by Gasteiger charge is 2.45. The highest BCUT2D eigenvalue weighted by molar-refractivity contribution is 5.97. The zero-order chi connectivity index (χ0) is 30.7. The Kier molecular flexibility index (Phi) is 9.27. The first-order valence-corrected chi connectivity index (χ1v) is 14.9. The number of fused-ring (bicyclic) bond motifs is 4. The number of carbonyl (C=O) groups is 4. The first-order chi connectivity index (χ1) is 20.7. The van der Waals surface area contributed by atoms with Gasteiger partial charge in [0.2, 0.25) is 17.7 Å². The molecule has 3 aliphatic heterocycles. The third kappa shape index (κ3) is 6.65. The molecule has 0 unspecified atom stereocenters. The minimum Gasteiger partial charge on any atom is -0.496 e. The molecule has 230 valence electrons. The predicted molar refractivity (Wildman–Crippen MR) is 154 cm³/mol. The van der Waals surface area contributed by atoms with E-state index in [2.05, 4.69) is 10.6 Å². The lowest BCUT2D eigenvalue weighted by Crippen LogP contribution is -2.63. The lowest BCUT2D eigenvalue weighted by atomic mass is 9.77. The summed E-state index contributed by atoms with van der Waals surface area (Å²) in [5.74, 6) is -4.13. The van der Waals surface area contributed by atoms with Crippen molar-refractivity contribution in [2.75, 3.05) is 26.7 Å². The maximum absolute atomic E-state index is 14.8. The molecule has 3 saturated heterocycles. The Labute approximate surface area is 249 Å². The Morgan fingerprint density at radius 1 is 1.02 bits per heavy atom. The van der Waals surface area contributed by atoms with Crippen molar-refractivity contribution in [3.05, 3.63) is 65.2 Å². The molecule has 11 heteroatoms. The average molecular weight is 597 g/mol. The molecule has 0 aliphatic carbocycles. The summed E-state index contributed by atoms with van der Waals surface area (Å²) < 4.78 is 34.0. The highest BCUT2D eigenvalue weighted by Crippen LogP contribution is 2.37. The van der Waals surface area contributed by atoms with Crippen molar-refractivity contribution in [3.8, 4) is 5.75 Å². The Morgan fingerprint density at radius 2 is 1.79 bits per heavy atom. The van der Waals surface area contributed by atoms with Gasteiger partial charge in [0, 0.05) is 32.1 Å². The van der Waals surface area contributed by atoms with Gasteiger partial charge in [-0.15, -0.1) is 0 Å². The lowest BCUT2D eigenvalue weighted by molar-refractivity contribution is -0.145. The second-order valence-corrected chi connectivity index (χ2v) is 11.8. The van der Waals surface area contributed by atoms with E-state index in [9.17, 15) is 28.0 Å². The zero-order valence-electron chi connectivity index (χ0n) is 24.5. The number of hydrogen-bond acceptors (Lipinski definition) is 5. The van der Waals surface area contributed by atoms with Gasteiger partial charge in [0.1, 0.15) is 23.4 Å². The molecule has 4 amide bonds. The summed E-state index contributed by atoms with van der Waals surface area (Å²) in [6, 6.07) is 9.99. The van der Waals surface area contributed by atoms with E-state index in [0.717, 1.165) is 18.1 Å². The number of amides is 4. The number of nitrogens with zero attached hydrogens (tertiary/aromatic N) is 2. The molecule has 5 atom stereocenters. The van der Waals surface area contributed by atoms with Gasteiger partial charge in [0.25, 0.3) is 5.91 Å². The third-order valence-electron chi connectivity index (χ3n) is 8.88. The normalized spacial score (nSPS) is 26.4. The SMILES string of the molecule is COc1ccc(F)c(F)c1C(=O)N1C[C@@H]2C[C@H](C1)[C@@H]1CCCC(=O)N[C@@H](CCc3ccccc3)C(=O)N[C@H](C)C(=O)N1C2. The van der Waals surface area contributed by atoms with Gasteiger partial charge in [-0.2, -0.15) is 0 Å². The summed E-state index contributed by atoms with van der Waals surface area (Å²) in [7, 11) is 1.30. The molecular formula is C32H38F2N4O5. The monoisotopic (exact) mass is 596 g/mol. The van der Waals surface area contributed by atoms with Crippen molar-refractivity contribution < 1.29 is 32.7 Å². The first-order valence-electron chi connectivity index (χ1n) is 14.9. The van der Waals surface area contributed by atoms with E-state index < -0.39 is 41.1 Å². The Balaban J connectivity index is 1.32. The molecule has 9 nitrogen and oxygen atoms in total. The number of hydrogen-bond donors (Lipinski definition) is 2. The quantitative estimate of drug-likeness (QED) is 0.552. The number of nitrogens with one attached hydrogen (secondary N) is 2. The smallest absolute Gasteiger partial charge is 0.260 e. The summed E-state index contributed by atoms with van der Waals surface area (Å²) >= 11 is 0. The van der Waals surface area contributed by atoms with E-state index >= 15 is 0 Å². The molecule has 2 bridgehead atoms. The zero-order valence-corrected chi connectivity index (χ0v) is 24.5. The summed E-state index contributed by atoms with van der Waals surface area (Å²) in [5.41, 5.74) is 0.609. The summed E-state index contributed by atoms with van der Waals surface area (Å²) in [6.07, 6.45) is 2.97. The minimum atomic E-state index is -1.25. The fourth-order valence-electron chi connectivity index (χ4n) is 6.78. The predicted octanol–water partition coefficient (Wildman–Crippen LogP) is 3.07. The summed E-state index contributed by atoms with van der Waals surface area (Å²) in [4.78, 5) is 56.7. The highest BCUT2D eigenvalue weighted by atomic mass is 19.2. The van der Waals surface area contributed by atoms with Crippen LogP contribution in [0.5, 0.6) is 5.75 Å². The van der Waals surface area contributed by atoms with E-state index in [1.54, 1.807) is 11.8 Å². The van der Waals surface area contributed by atoms with Crippen LogP contribution in [-0.2, 0) is 20.8 Å². The van der Waals surface area contributed by atoms with Gasteiger partial charge in [-0.1, -0.05) is 30.3 Å². The molecule has 43 heavy (non-hydrogen) atoms. The topological polar surface area (TPSA) is 108 Å². The fraction of sp³-hybridized carbons (Fsp3) is 0.500. The number of ether oxygens (including phenoxy) is 1. The van der Waals surface area contributed by atoms with Crippen molar-refractivity contribution in [2.24, 2.45) is 11.8 Å². The minimum absolute atomic E-state index is 0.0416. The number of halogens is 2. The molecular weight excluding hydrogens is 558 g/mol. The summed E-state index contributed by atoms with van der Waals surface area (Å²) in [5, 5.41) is 5.69. The van der Waals surface area contributed by atoms with E-state index in [4.69, 9.17) is 4.74 Å². The van der Waals surface area contributed by atoms with Gasteiger partial charge in [0.05, 0.1) is 7.11 Å². The molecule has 0 radical (unpaired) electrons. The van der Waals surface area contributed by atoms with Crippen LogP contribution in [0.25, 0.3) is 0 Å². The molecule has 2 aromatic rings. The first kappa shape index (κ1) is 30.4. The molecule has 3 aliphatic rings. The van der Waals surface area contributed by atoms with Crippen LogP contribution in [0.4, 0.5) is 8.78 Å². The van der Waals surface area contributed by atoms with Crippen molar-refractivity contribution in [1.82, 2.24) is 20.4 Å². The number of aryl methyl sites for hydroxylation is 1. The van der Waals surface area contributed by atoms with Crippen LogP contribution in [0.3, 0.4) is 0 Å². The number of piperidine rings is 2. The second-order valence-electron chi connectivity index (χ2n) is 11.8. The summed E-state index contributed by atoms with van der Waals surface area (Å²) in [6.45, 7) is 2.53. The standard InChI is InChI=1S/C32H38F2N4O5/c1-19-31(41)38-17-21-15-22(18-37(16-21)32(42)28-26(43-2)14-12-23(33)29(28)34)25(38)9-6-10-27(39)36-24(30(40)35-19)13-11-20-7-4-3-5-8-20/h3-5,7-8,12,14,19,21-22,24-25H,6,9-11,13,15-18H2,1-2H3,(H,35,40)(H,36,39)/t19-,21+,22-,24+,25+/m1/s1. The van der Waals surface area contributed by atoms with E-state index in [1.165, 1.54) is 18.1 Å². The van der Waals surface area contributed by atoms with Crippen LogP contribution in [-0.4, -0.2) is 78.3 Å². The maximum Gasteiger partial charge on any atom is 0.260 e. The number of rotatable bonds is 5. The number of likely N-dealkylation sites (tertiary alicyclic amines) is 1. The van der Waals surface area contributed by atoms with E-state index in [1.807, 2.05) is 30.3 Å². The van der Waals surface area contributed by atoms with E-state index in [0.29, 0.717) is 32.2 Å². The fourth-order valence-corrected chi connectivity index (χ4v) is 6.78. The van der Waals surface area contributed by atoms with Crippen molar-refractivity contribution in [1.29, 1.82) is 0 Å². The van der Waals surface area contributed by atoms with Gasteiger partial charge < -0.3 is 25.2 Å². The largest absolute Gasteiger partial charge is 0.496 e. The van der Waals surface area contributed by atoms with Gasteiger partial charge in [0.15, 0.2) is 11.6 Å². The van der Waals surface area contributed by atoms with Gasteiger partial charge in [-0.05, 0) is 68.6 Å². The van der Waals surface area contributed by atoms with Crippen LogP contribution in [0.15, 0.2) is 42.5 Å². The maximum atomic E-state index is 14.8. The third-order valence-corrected chi connectivity index (χ3v) is 8.88. The molecule has 0 saturated carbocycles. The van der Waals surface area contributed by atoms with Crippen LogP contribution in [0.2, 0.25) is 0 Å². The number of benzene rings is 2. The molecule has 2 aromatic carbocycles. The lowest BCUT2D eigenvalue weighted by Gasteiger charge is -2.51. The Bertz CT molecular complexity index is 1370. The van der Waals surface area contributed by atoms with E-state index in [-0.39, 0.29) is 55.0 Å². The van der Waals surface area contributed by atoms with Crippen molar-refractivity contribution in [2.45, 2.75) is 63.6 Å². The molecule has 0 aromatic heterocycles. The average Bonchev–Trinajstić information content (AvgIpc) is 3.00. The molecule has 0 spiro atoms. The van der Waals surface area contributed by atoms with Gasteiger partial charge in [-0.3, -0.25) is 19.2 Å². The van der Waals surface area contributed by atoms with Gasteiger partial charge in [-0.25, -0.2) is 8.78 Å². The van der Waals surface area contributed by atoms with Crippen LogP contribution in [0.1, 0.15) is 54.9 Å². The second kappa shape index (κ2) is 13.1. The van der Waals surface area contributed by atoms with Crippen LogP contribution >= 0.6 is 0 Å². The molecule has 5 rings (SSSR count). The number of carbonyl (C=O) groups excluding carboxylic acids is 4.